The van der Waals surface area contributed by atoms with E-state index < -0.39 is 17.5 Å². The lowest BCUT2D eigenvalue weighted by atomic mass is 10.1. The summed E-state index contributed by atoms with van der Waals surface area (Å²) >= 11 is 5.95. The average Bonchev–Trinajstić information content (AvgIpc) is 3.44. The van der Waals surface area contributed by atoms with Gasteiger partial charge in [-0.05, 0) is 37.0 Å². The Balaban J connectivity index is 2.03. The maximum absolute atomic E-state index is 14.7. The van der Waals surface area contributed by atoms with Crippen LogP contribution in [0.1, 0.15) is 24.1 Å². The molecule has 25 heavy (non-hydrogen) atoms. The number of aromatic nitrogens is 2. The third-order valence-corrected chi connectivity index (χ3v) is 4.14. The average molecular weight is 363 g/mol. The second-order valence-electron chi connectivity index (χ2n) is 5.80. The van der Waals surface area contributed by atoms with E-state index in [0.29, 0.717) is 0 Å². The largest absolute Gasteiger partial charge is 0.368 e. The van der Waals surface area contributed by atoms with Crippen LogP contribution in [0.15, 0.2) is 36.8 Å². The lowest BCUT2D eigenvalue weighted by Crippen LogP contribution is -2.44. The Morgan fingerprint density at radius 1 is 1.40 bits per heavy atom. The van der Waals surface area contributed by atoms with Crippen molar-refractivity contribution in [3.8, 4) is 6.07 Å². The molecular weight excluding hydrogens is 350 g/mol. The van der Waals surface area contributed by atoms with Crippen molar-refractivity contribution >= 4 is 23.2 Å². The van der Waals surface area contributed by atoms with Gasteiger partial charge in [0.05, 0.1) is 17.4 Å². The van der Waals surface area contributed by atoms with Crippen LogP contribution in [0.25, 0.3) is 0 Å². The van der Waals surface area contributed by atoms with Gasteiger partial charge in [0, 0.05) is 24.0 Å². The van der Waals surface area contributed by atoms with Crippen LogP contribution in [0.3, 0.4) is 0 Å². The van der Waals surface area contributed by atoms with E-state index in [4.69, 9.17) is 11.6 Å². The minimum absolute atomic E-state index is 0.0791. The van der Waals surface area contributed by atoms with Crippen molar-refractivity contribution in [3.63, 3.8) is 0 Å². The molecular formula is C17H13ClF2N4O. The number of rotatable bonds is 5. The fraction of sp³-hybridized carbons (Fsp3) is 0.294. The van der Waals surface area contributed by atoms with Crippen molar-refractivity contribution in [2.24, 2.45) is 5.92 Å². The SMILES string of the molecule is N#Cc1ccc(Cl)cc1N(CC1CC1)C(=O)C(F)(F)c1cnccn1. The van der Waals surface area contributed by atoms with Crippen LogP contribution in [-0.2, 0) is 10.7 Å². The van der Waals surface area contributed by atoms with E-state index in [-0.39, 0.29) is 28.7 Å². The first-order valence-corrected chi connectivity index (χ1v) is 7.97. The molecule has 128 valence electrons. The molecule has 2 aromatic rings. The van der Waals surface area contributed by atoms with Gasteiger partial charge in [-0.3, -0.25) is 14.8 Å². The first-order valence-electron chi connectivity index (χ1n) is 7.59. The van der Waals surface area contributed by atoms with Gasteiger partial charge in [0.15, 0.2) is 0 Å². The van der Waals surface area contributed by atoms with Gasteiger partial charge < -0.3 is 4.90 Å². The number of alkyl halides is 2. The van der Waals surface area contributed by atoms with Gasteiger partial charge in [0.25, 0.3) is 0 Å². The van der Waals surface area contributed by atoms with E-state index >= 15 is 0 Å². The lowest BCUT2D eigenvalue weighted by Gasteiger charge is -2.27. The zero-order chi connectivity index (χ0) is 18.0. The molecule has 0 radical (unpaired) electrons. The molecule has 0 spiro atoms. The quantitative estimate of drug-likeness (QED) is 0.815. The molecule has 1 aromatic carbocycles. The molecule has 1 aliphatic rings. The molecule has 5 nitrogen and oxygen atoms in total. The maximum Gasteiger partial charge on any atom is 0.368 e. The van der Waals surface area contributed by atoms with Gasteiger partial charge in [0.2, 0.25) is 0 Å². The van der Waals surface area contributed by atoms with E-state index in [9.17, 15) is 18.8 Å². The van der Waals surface area contributed by atoms with Gasteiger partial charge in [-0.25, -0.2) is 0 Å². The van der Waals surface area contributed by atoms with Gasteiger partial charge in [-0.2, -0.15) is 14.0 Å². The third-order valence-electron chi connectivity index (χ3n) is 3.91. The van der Waals surface area contributed by atoms with E-state index in [2.05, 4.69) is 9.97 Å². The van der Waals surface area contributed by atoms with Crippen LogP contribution in [0.2, 0.25) is 5.02 Å². The highest BCUT2D eigenvalue weighted by Crippen LogP contribution is 2.37. The predicted molar refractivity (Wildman–Crippen MR) is 87.2 cm³/mol. The molecule has 0 N–H and O–H groups in total. The molecule has 0 saturated heterocycles. The highest BCUT2D eigenvalue weighted by Gasteiger charge is 2.47. The van der Waals surface area contributed by atoms with Crippen molar-refractivity contribution in [2.45, 2.75) is 18.8 Å². The van der Waals surface area contributed by atoms with E-state index in [1.807, 2.05) is 6.07 Å². The number of amides is 1. The van der Waals surface area contributed by atoms with Crippen LogP contribution in [0.4, 0.5) is 14.5 Å². The fourth-order valence-electron chi connectivity index (χ4n) is 2.41. The van der Waals surface area contributed by atoms with E-state index in [1.54, 1.807) is 0 Å². The molecule has 1 aromatic heterocycles. The number of benzene rings is 1. The first-order chi connectivity index (χ1) is 11.9. The van der Waals surface area contributed by atoms with Crippen LogP contribution in [0, 0.1) is 17.2 Å². The van der Waals surface area contributed by atoms with E-state index in [0.717, 1.165) is 30.1 Å². The molecule has 3 rings (SSSR count). The number of nitriles is 1. The van der Waals surface area contributed by atoms with Gasteiger partial charge in [0.1, 0.15) is 11.8 Å². The summed E-state index contributed by atoms with van der Waals surface area (Å²) in [6.45, 7) is 0.101. The van der Waals surface area contributed by atoms with Crippen molar-refractivity contribution in [1.29, 1.82) is 5.26 Å². The highest BCUT2D eigenvalue weighted by atomic mass is 35.5. The summed E-state index contributed by atoms with van der Waals surface area (Å²) in [5.74, 6) is -5.18. The highest BCUT2D eigenvalue weighted by molar-refractivity contribution is 6.31. The summed E-state index contributed by atoms with van der Waals surface area (Å²) in [4.78, 5) is 20.8. The number of hydrogen-bond donors (Lipinski definition) is 0. The standard InChI is InChI=1S/C17H13ClF2N4O/c18-13-4-3-12(8-21)14(7-13)24(10-11-1-2-11)16(25)17(19,20)15-9-22-5-6-23-15/h3-7,9,11H,1-2,10H2. The molecule has 1 fully saturated rings. The maximum atomic E-state index is 14.7. The van der Waals surface area contributed by atoms with Crippen molar-refractivity contribution < 1.29 is 13.6 Å². The predicted octanol–water partition coefficient (Wildman–Crippen LogP) is 3.54. The van der Waals surface area contributed by atoms with E-state index in [1.165, 1.54) is 24.4 Å². The van der Waals surface area contributed by atoms with Crippen molar-refractivity contribution in [1.82, 2.24) is 9.97 Å². The summed E-state index contributed by atoms with van der Waals surface area (Å²) in [6, 6.07) is 6.16. The molecule has 1 heterocycles. The topological polar surface area (TPSA) is 69.9 Å². The second-order valence-corrected chi connectivity index (χ2v) is 6.23. The molecule has 8 heteroatoms. The summed E-state index contributed by atoms with van der Waals surface area (Å²) < 4.78 is 29.4. The summed E-state index contributed by atoms with van der Waals surface area (Å²) in [7, 11) is 0. The molecule has 1 amide bonds. The lowest BCUT2D eigenvalue weighted by molar-refractivity contribution is -0.144. The first kappa shape index (κ1) is 17.2. The Labute approximate surface area is 147 Å². The third kappa shape index (κ3) is 3.59. The van der Waals surface area contributed by atoms with Crippen molar-refractivity contribution in [2.75, 3.05) is 11.4 Å². The smallest absolute Gasteiger partial charge is 0.305 e. The molecule has 0 bridgehead atoms. The summed E-state index contributed by atoms with van der Waals surface area (Å²) in [6.07, 6.45) is 4.90. The van der Waals surface area contributed by atoms with Crippen molar-refractivity contribution in [3.05, 3.63) is 53.1 Å². The zero-order valence-corrected chi connectivity index (χ0v) is 13.7. The Morgan fingerprint density at radius 2 is 2.16 bits per heavy atom. The second kappa shape index (κ2) is 6.73. The monoisotopic (exact) mass is 362 g/mol. The molecule has 1 saturated carbocycles. The number of hydrogen-bond acceptors (Lipinski definition) is 4. The normalized spacial score (nSPS) is 14.0. The molecule has 0 atom stereocenters. The number of anilines is 1. The minimum atomic E-state index is -3.86. The Bertz CT molecular complexity index is 834. The molecule has 0 aliphatic heterocycles. The number of halogens is 3. The summed E-state index contributed by atoms with van der Waals surface area (Å²) in [5, 5.41) is 9.52. The number of nitrogens with zero attached hydrogens (tertiary/aromatic N) is 4. The number of carbonyl (C=O) groups is 1. The van der Waals surface area contributed by atoms with Crippen LogP contribution in [0.5, 0.6) is 0 Å². The Kier molecular flexibility index (Phi) is 4.64. The number of carbonyl (C=O) groups excluding carboxylic acids is 1. The molecule has 1 aliphatic carbocycles. The van der Waals surface area contributed by atoms with Crippen LogP contribution < -0.4 is 4.90 Å². The minimum Gasteiger partial charge on any atom is -0.305 e. The zero-order valence-electron chi connectivity index (χ0n) is 13.0. The van der Waals surface area contributed by atoms with Gasteiger partial charge >= 0.3 is 11.8 Å². The van der Waals surface area contributed by atoms with Crippen LogP contribution in [-0.4, -0.2) is 22.4 Å². The Hall–Kier alpha value is -2.59. The van der Waals surface area contributed by atoms with Crippen LogP contribution >= 0.6 is 11.6 Å². The molecule has 0 unspecified atom stereocenters. The summed E-state index contributed by atoms with van der Waals surface area (Å²) in [5.41, 5.74) is -0.551. The van der Waals surface area contributed by atoms with Gasteiger partial charge in [-0.1, -0.05) is 11.6 Å². The fourth-order valence-corrected chi connectivity index (χ4v) is 2.58. The Morgan fingerprint density at radius 3 is 2.76 bits per heavy atom. The van der Waals surface area contributed by atoms with Gasteiger partial charge in [-0.15, -0.1) is 0 Å².